The van der Waals surface area contributed by atoms with E-state index < -0.39 is 0 Å². The molecule has 1 N–H and O–H groups in total. The van der Waals surface area contributed by atoms with Gasteiger partial charge in [0.25, 0.3) is 0 Å². The molecule has 22 heavy (non-hydrogen) atoms. The molecule has 0 aromatic rings. The highest BCUT2D eigenvalue weighted by Gasteiger charge is 2.29. The number of hydroxylamine groups is 2. The van der Waals surface area contributed by atoms with Gasteiger partial charge in [-0.05, 0) is 25.7 Å². The van der Waals surface area contributed by atoms with Gasteiger partial charge in [-0.3, -0.25) is 10.0 Å². The number of amides is 1. The Bertz CT molecular complexity index is 301. The van der Waals surface area contributed by atoms with E-state index in [0.29, 0.717) is 0 Å². The lowest BCUT2D eigenvalue weighted by Crippen LogP contribution is -2.42. The van der Waals surface area contributed by atoms with Crippen molar-refractivity contribution in [2.24, 2.45) is 5.92 Å². The molecule has 3 nitrogen and oxygen atoms in total. The molecule has 0 aliphatic heterocycles. The zero-order valence-electron chi connectivity index (χ0n) is 14.3. The van der Waals surface area contributed by atoms with Gasteiger partial charge in [-0.2, -0.15) is 0 Å². The van der Waals surface area contributed by atoms with Gasteiger partial charge in [-0.15, -0.1) is 0 Å². The van der Waals surface area contributed by atoms with Crippen molar-refractivity contribution in [1.29, 1.82) is 0 Å². The van der Waals surface area contributed by atoms with Crippen LogP contribution in [0.1, 0.15) is 103 Å². The predicted molar refractivity (Wildman–Crippen MR) is 89.8 cm³/mol. The van der Waals surface area contributed by atoms with Crippen molar-refractivity contribution in [3.05, 3.63) is 0 Å². The minimum absolute atomic E-state index is 0.0176. The lowest BCUT2D eigenvalue weighted by atomic mass is 9.90. The SMILES string of the molecule is O=C(C1CCCCCCCCCCC1)N(O)C1CCCCC1. The van der Waals surface area contributed by atoms with Crippen molar-refractivity contribution in [2.75, 3.05) is 0 Å². The first kappa shape index (κ1) is 17.8. The molecule has 1 amide bonds. The molecule has 3 heteroatoms. The molecule has 2 aliphatic carbocycles. The average Bonchev–Trinajstić information content (AvgIpc) is 2.55. The van der Waals surface area contributed by atoms with Gasteiger partial charge < -0.3 is 0 Å². The average molecular weight is 309 g/mol. The van der Waals surface area contributed by atoms with Gasteiger partial charge in [-0.25, -0.2) is 5.06 Å². The Kier molecular flexibility index (Phi) is 8.28. The van der Waals surface area contributed by atoms with Crippen LogP contribution in [-0.4, -0.2) is 22.2 Å². The van der Waals surface area contributed by atoms with E-state index in [1.807, 2.05) is 0 Å². The fourth-order valence-electron chi connectivity index (χ4n) is 4.10. The summed E-state index contributed by atoms with van der Waals surface area (Å²) in [5, 5.41) is 11.5. The number of rotatable bonds is 2. The van der Waals surface area contributed by atoms with Crippen molar-refractivity contribution in [3.8, 4) is 0 Å². The molecule has 0 heterocycles. The third kappa shape index (κ3) is 5.91. The molecule has 0 unspecified atom stereocenters. The zero-order valence-corrected chi connectivity index (χ0v) is 14.3. The van der Waals surface area contributed by atoms with E-state index >= 15 is 0 Å². The molecule has 0 aromatic carbocycles. The first-order valence-electron chi connectivity index (χ1n) is 9.81. The summed E-state index contributed by atoms with van der Waals surface area (Å²) in [7, 11) is 0. The number of hydrogen-bond donors (Lipinski definition) is 1. The molecular weight excluding hydrogens is 274 g/mol. The van der Waals surface area contributed by atoms with Crippen LogP contribution in [0.4, 0.5) is 0 Å². The van der Waals surface area contributed by atoms with E-state index in [1.54, 1.807) is 0 Å². The largest absolute Gasteiger partial charge is 0.286 e. The van der Waals surface area contributed by atoms with E-state index in [0.717, 1.165) is 56.4 Å². The predicted octanol–water partition coefficient (Wildman–Crippen LogP) is 5.46. The summed E-state index contributed by atoms with van der Waals surface area (Å²) in [6.07, 6.45) is 19.0. The van der Waals surface area contributed by atoms with Gasteiger partial charge in [0.15, 0.2) is 0 Å². The second-order valence-corrected chi connectivity index (χ2v) is 7.43. The summed E-state index contributed by atoms with van der Waals surface area (Å²) >= 11 is 0. The molecule has 0 spiro atoms. The second kappa shape index (κ2) is 10.3. The van der Waals surface area contributed by atoms with Crippen LogP contribution in [0.3, 0.4) is 0 Å². The lowest BCUT2D eigenvalue weighted by Gasteiger charge is -2.31. The summed E-state index contributed by atoms with van der Waals surface area (Å²) in [4.78, 5) is 12.7. The number of carbonyl (C=O) groups excluding carboxylic acids is 1. The number of hydrogen-bond acceptors (Lipinski definition) is 2. The fourth-order valence-corrected chi connectivity index (χ4v) is 4.10. The normalized spacial score (nSPS) is 24.2. The number of nitrogens with zero attached hydrogens (tertiary/aromatic N) is 1. The molecule has 0 radical (unpaired) electrons. The van der Waals surface area contributed by atoms with Crippen LogP contribution < -0.4 is 0 Å². The molecule has 128 valence electrons. The third-order valence-corrected chi connectivity index (χ3v) is 5.60. The van der Waals surface area contributed by atoms with Crippen LogP contribution in [0.2, 0.25) is 0 Å². The molecule has 0 bridgehead atoms. The van der Waals surface area contributed by atoms with Crippen molar-refractivity contribution < 1.29 is 10.0 Å². The highest BCUT2D eigenvalue weighted by atomic mass is 16.5. The van der Waals surface area contributed by atoms with E-state index in [1.165, 1.54) is 51.4 Å². The van der Waals surface area contributed by atoms with Crippen LogP contribution in [0.5, 0.6) is 0 Å². The molecule has 2 fully saturated rings. The highest BCUT2D eigenvalue weighted by Crippen LogP contribution is 2.26. The van der Waals surface area contributed by atoms with Crippen LogP contribution >= 0.6 is 0 Å². The summed E-state index contributed by atoms with van der Waals surface area (Å²) in [5.41, 5.74) is 0. The van der Waals surface area contributed by atoms with E-state index in [-0.39, 0.29) is 17.9 Å². The van der Waals surface area contributed by atoms with Gasteiger partial charge in [0.05, 0.1) is 6.04 Å². The fraction of sp³-hybridized carbons (Fsp3) is 0.947. The van der Waals surface area contributed by atoms with Crippen molar-refractivity contribution in [3.63, 3.8) is 0 Å². The minimum Gasteiger partial charge on any atom is -0.286 e. The molecule has 0 saturated heterocycles. The molecular formula is C19H35NO2. The molecule has 2 saturated carbocycles. The molecule has 2 aliphatic rings. The number of carbonyl (C=O) groups is 1. The van der Waals surface area contributed by atoms with Gasteiger partial charge in [0, 0.05) is 5.92 Å². The zero-order chi connectivity index (χ0) is 15.6. The monoisotopic (exact) mass is 309 g/mol. The Morgan fingerprint density at radius 3 is 1.50 bits per heavy atom. The van der Waals surface area contributed by atoms with E-state index in [4.69, 9.17) is 0 Å². The van der Waals surface area contributed by atoms with Gasteiger partial charge in [0.1, 0.15) is 0 Å². The van der Waals surface area contributed by atoms with Gasteiger partial charge in [-0.1, -0.05) is 77.0 Å². The molecule has 0 atom stereocenters. The van der Waals surface area contributed by atoms with Crippen molar-refractivity contribution in [2.45, 2.75) is 109 Å². The first-order chi connectivity index (χ1) is 10.8. The Morgan fingerprint density at radius 1 is 0.636 bits per heavy atom. The smallest absolute Gasteiger partial charge is 0.249 e. The van der Waals surface area contributed by atoms with Gasteiger partial charge in [0.2, 0.25) is 5.91 Å². The summed E-state index contributed by atoms with van der Waals surface area (Å²) < 4.78 is 0. The Balaban J connectivity index is 1.85. The minimum atomic E-state index is 0.0176. The van der Waals surface area contributed by atoms with Crippen LogP contribution in [0, 0.1) is 5.92 Å². The molecule has 0 aromatic heterocycles. The van der Waals surface area contributed by atoms with Crippen LogP contribution in [0.15, 0.2) is 0 Å². The van der Waals surface area contributed by atoms with Crippen LogP contribution in [-0.2, 0) is 4.79 Å². The van der Waals surface area contributed by atoms with E-state index in [9.17, 15) is 10.0 Å². The Hall–Kier alpha value is -0.570. The van der Waals surface area contributed by atoms with Crippen LogP contribution in [0.25, 0.3) is 0 Å². The standard InChI is InChI=1S/C19H35NO2/c21-19(20(22)18-15-11-8-12-16-18)17-13-9-6-4-2-1-3-5-7-10-14-17/h17-18,22H,1-16H2. The third-order valence-electron chi connectivity index (χ3n) is 5.60. The first-order valence-corrected chi connectivity index (χ1v) is 9.81. The lowest BCUT2D eigenvalue weighted by molar-refractivity contribution is -0.183. The summed E-state index contributed by atoms with van der Waals surface area (Å²) in [6.45, 7) is 0. The Morgan fingerprint density at radius 2 is 1.00 bits per heavy atom. The maximum absolute atomic E-state index is 12.7. The maximum Gasteiger partial charge on any atom is 0.249 e. The quantitative estimate of drug-likeness (QED) is 0.543. The van der Waals surface area contributed by atoms with E-state index in [2.05, 4.69) is 0 Å². The second-order valence-electron chi connectivity index (χ2n) is 7.43. The maximum atomic E-state index is 12.7. The topological polar surface area (TPSA) is 40.5 Å². The van der Waals surface area contributed by atoms with Gasteiger partial charge >= 0.3 is 0 Å². The summed E-state index contributed by atoms with van der Waals surface area (Å²) in [5.74, 6) is 0.0790. The van der Waals surface area contributed by atoms with Crippen molar-refractivity contribution >= 4 is 5.91 Å². The highest BCUT2D eigenvalue weighted by molar-refractivity contribution is 5.77. The molecule has 2 rings (SSSR count). The summed E-state index contributed by atoms with van der Waals surface area (Å²) in [6, 6.07) is 0.0858. The van der Waals surface area contributed by atoms with Crippen molar-refractivity contribution in [1.82, 2.24) is 5.06 Å². The Labute approximate surface area is 136 Å².